The fourth-order valence-corrected chi connectivity index (χ4v) is 7.69. The molecule has 1 aliphatic carbocycles. The fraction of sp³-hybridized carbons (Fsp3) is 0.435. The maximum absolute atomic E-state index is 15.2. The first-order chi connectivity index (χ1) is 28.0. The van der Waals surface area contributed by atoms with Gasteiger partial charge in [0.15, 0.2) is 12.5 Å². The third-order valence-corrected chi connectivity index (χ3v) is 10.4. The number of primary amides is 1. The number of benzene rings is 4. The number of esters is 1. The fourth-order valence-electron chi connectivity index (χ4n) is 7.69. The number of anilines is 1. The van der Waals surface area contributed by atoms with Crippen LogP contribution >= 0.6 is 0 Å². The SMILES string of the molecule is COCOc1cc(-c2c(C3CC3)cc3c(N4CC[C@H]4C(N)=O)nc(OCC(C)(C)CN(C)C)nc3c2OCc2ccc(C(=O)OC(C)(C)C)cc2)c2cc(F)ccc2c1. The molecule has 59 heavy (non-hydrogen) atoms. The van der Waals surface area contributed by atoms with E-state index < -0.39 is 23.5 Å². The van der Waals surface area contributed by atoms with Crippen LogP contribution in [0.4, 0.5) is 10.2 Å². The van der Waals surface area contributed by atoms with Gasteiger partial charge >= 0.3 is 12.0 Å². The summed E-state index contributed by atoms with van der Waals surface area (Å²) in [6.45, 7) is 11.4. The summed E-state index contributed by atoms with van der Waals surface area (Å²) < 4.78 is 45.5. The van der Waals surface area contributed by atoms with Crippen molar-refractivity contribution in [3.05, 3.63) is 83.2 Å². The van der Waals surface area contributed by atoms with Crippen molar-refractivity contribution in [2.75, 3.05) is 52.6 Å². The molecule has 2 N–H and O–H groups in total. The van der Waals surface area contributed by atoms with E-state index in [0.717, 1.165) is 41.5 Å². The number of rotatable bonds is 16. The molecular weight excluding hydrogens is 754 g/mol. The topological polar surface area (TPSA) is 139 Å². The lowest BCUT2D eigenvalue weighted by Gasteiger charge is -2.40. The number of methoxy groups -OCH3 is 1. The Morgan fingerprint density at radius 1 is 0.915 bits per heavy atom. The van der Waals surface area contributed by atoms with Crippen molar-refractivity contribution in [3.8, 4) is 28.6 Å². The predicted octanol–water partition coefficient (Wildman–Crippen LogP) is 8.01. The van der Waals surface area contributed by atoms with Crippen LogP contribution in [-0.2, 0) is 20.9 Å². The highest BCUT2D eigenvalue weighted by Crippen LogP contribution is 2.53. The van der Waals surface area contributed by atoms with E-state index in [1.807, 2.05) is 64.0 Å². The molecule has 1 aromatic heterocycles. The van der Waals surface area contributed by atoms with Crippen LogP contribution in [0.1, 0.15) is 81.3 Å². The Balaban J connectivity index is 1.46. The molecule has 1 atom stereocenters. The minimum absolute atomic E-state index is 0.0142. The van der Waals surface area contributed by atoms with Gasteiger partial charge in [0, 0.05) is 36.6 Å². The van der Waals surface area contributed by atoms with E-state index in [1.54, 1.807) is 25.3 Å². The minimum Gasteiger partial charge on any atom is -0.486 e. The average Bonchev–Trinajstić information content (AvgIpc) is 3.99. The zero-order valence-electron chi connectivity index (χ0n) is 35.2. The van der Waals surface area contributed by atoms with E-state index in [9.17, 15) is 9.59 Å². The quantitative estimate of drug-likeness (QED) is 0.0767. The zero-order chi connectivity index (χ0) is 42.2. The van der Waals surface area contributed by atoms with Gasteiger partial charge in [-0.05, 0) is 130 Å². The van der Waals surface area contributed by atoms with Crippen LogP contribution in [0, 0.1) is 11.2 Å². The lowest BCUT2D eigenvalue weighted by molar-refractivity contribution is -0.120. The highest BCUT2D eigenvalue weighted by Gasteiger charge is 2.38. The third-order valence-electron chi connectivity index (χ3n) is 10.4. The number of nitrogens with zero attached hydrogens (tertiary/aromatic N) is 4. The van der Waals surface area contributed by atoms with E-state index in [0.29, 0.717) is 64.3 Å². The second-order valence-corrected chi connectivity index (χ2v) is 17.6. The Kier molecular flexibility index (Phi) is 11.7. The molecule has 12 nitrogen and oxygen atoms in total. The maximum atomic E-state index is 15.2. The molecule has 7 rings (SSSR count). The van der Waals surface area contributed by atoms with E-state index in [4.69, 9.17) is 39.4 Å². The Bertz CT molecular complexity index is 2370. The molecule has 2 fully saturated rings. The van der Waals surface area contributed by atoms with Gasteiger partial charge in [0.05, 0.1) is 12.2 Å². The summed E-state index contributed by atoms with van der Waals surface area (Å²) in [7, 11) is 5.58. The van der Waals surface area contributed by atoms with Crippen LogP contribution in [0.25, 0.3) is 32.8 Å². The largest absolute Gasteiger partial charge is 0.486 e. The van der Waals surface area contributed by atoms with E-state index in [-0.39, 0.29) is 36.6 Å². The monoisotopic (exact) mass is 807 g/mol. The molecule has 0 unspecified atom stereocenters. The van der Waals surface area contributed by atoms with Gasteiger partial charge in [-0.15, -0.1) is 0 Å². The molecule has 312 valence electrons. The van der Waals surface area contributed by atoms with Crippen molar-refractivity contribution in [2.45, 2.75) is 78.0 Å². The molecule has 1 aliphatic heterocycles. The summed E-state index contributed by atoms with van der Waals surface area (Å²) in [5, 5.41) is 2.11. The predicted molar refractivity (Wildman–Crippen MR) is 226 cm³/mol. The van der Waals surface area contributed by atoms with Gasteiger partial charge in [0.1, 0.15) is 41.2 Å². The molecule has 1 saturated heterocycles. The number of carbonyl (C=O) groups excluding carboxylic acids is 2. The van der Waals surface area contributed by atoms with Gasteiger partial charge in [-0.25, -0.2) is 9.18 Å². The molecule has 0 bridgehead atoms. The van der Waals surface area contributed by atoms with Crippen LogP contribution in [-0.4, -0.2) is 86.1 Å². The van der Waals surface area contributed by atoms with Crippen LogP contribution in [0.2, 0.25) is 0 Å². The number of halogens is 1. The first-order valence-electron chi connectivity index (χ1n) is 20.0. The summed E-state index contributed by atoms with van der Waals surface area (Å²) in [4.78, 5) is 39.6. The number of hydrogen-bond acceptors (Lipinski definition) is 11. The highest BCUT2D eigenvalue weighted by molar-refractivity contribution is 6.07. The summed E-state index contributed by atoms with van der Waals surface area (Å²) in [5.74, 6) is 0.412. The Labute approximate surface area is 344 Å². The van der Waals surface area contributed by atoms with Crippen molar-refractivity contribution in [1.82, 2.24) is 14.9 Å². The molecule has 1 saturated carbocycles. The Morgan fingerprint density at radius 2 is 1.66 bits per heavy atom. The van der Waals surface area contributed by atoms with Crippen molar-refractivity contribution in [2.24, 2.45) is 11.1 Å². The van der Waals surface area contributed by atoms with E-state index in [1.165, 1.54) is 12.1 Å². The van der Waals surface area contributed by atoms with Gasteiger partial charge in [-0.1, -0.05) is 32.0 Å². The summed E-state index contributed by atoms with van der Waals surface area (Å²) >= 11 is 0. The van der Waals surface area contributed by atoms with Crippen molar-refractivity contribution < 1.29 is 37.7 Å². The first kappa shape index (κ1) is 41.6. The normalized spacial score (nSPS) is 15.7. The van der Waals surface area contributed by atoms with Crippen molar-refractivity contribution in [1.29, 1.82) is 0 Å². The number of nitrogens with two attached hydrogens (primary N) is 1. The van der Waals surface area contributed by atoms with E-state index >= 15 is 4.39 Å². The number of carbonyl (C=O) groups is 2. The number of fused-ring (bicyclic) bond motifs is 2. The number of amides is 1. The van der Waals surface area contributed by atoms with Gasteiger partial charge in [-0.2, -0.15) is 9.97 Å². The minimum atomic E-state index is -0.638. The molecule has 0 spiro atoms. The summed E-state index contributed by atoms with van der Waals surface area (Å²) in [6, 6.07) is 17.2. The molecule has 4 aromatic carbocycles. The van der Waals surface area contributed by atoms with Crippen molar-refractivity contribution in [3.63, 3.8) is 0 Å². The maximum Gasteiger partial charge on any atom is 0.338 e. The lowest BCUT2D eigenvalue weighted by atomic mass is 9.89. The summed E-state index contributed by atoms with van der Waals surface area (Å²) in [6.07, 6.45) is 2.46. The van der Waals surface area contributed by atoms with Gasteiger partial charge in [0.2, 0.25) is 5.91 Å². The molecule has 5 aromatic rings. The number of aromatic nitrogens is 2. The Hall–Kier alpha value is -5.53. The van der Waals surface area contributed by atoms with Gasteiger partial charge < -0.3 is 39.2 Å². The van der Waals surface area contributed by atoms with Crippen molar-refractivity contribution >= 4 is 39.4 Å². The van der Waals surface area contributed by atoms with Gasteiger partial charge in [0.25, 0.3) is 0 Å². The number of ether oxygens (including phenoxy) is 5. The lowest BCUT2D eigenvalue weighted by Crippen LogP contribution is -2.55. The molecule has 2 heterocycles. The van der Waals surface area contributed by atoms with Crippen LogP contribution in [0.3, 0.4) is 0 Å². The van der Waals surface area contributed by atoms with Crippen LogP contribution < -0.4 is 24.8 Å². The second kappa shape index (κ2) is 16.6. The zero-order valence-corrected chi connectivity index (χ0v) is 35.2. The third kappa shape index (κ3) is 9.52. The second-order valence-electron chi connectivity index (χ2n) is 17.6. The Morgan fingerprint density at radius 3 is 2.29 bits per heavy atom. The number of hydrogen-bond donors (Lipinski definition) is 1. The molecule has 13 heteroatoms. The van der Waals surface area contributed by atoms with Crippen LogP contribution in [0.15, 0.2) is 60.7 Å². The van der Waals surface area contributed by atoms with Crippen LogP contribution in [0.5, 0.6) is 17.5 Å². The summed E-state index contributed by atoms with van der Waals surface area (Å²) in [5.41, 5.74) is 9.09. The molecular formula is C46H54FN5O7. The standard InChI is InChI=1S/C46H54FN5O7/c1-45(2,3)59-43(54)29-11-9-27(10-12-29)23-56-40-38(35-21-32(58-26-55-8)19-30-15-16-31(47)20-33(30)35)34(28-13-14-28)22-36-39(40)49-44(57-25-46(4,5)24-51(6)7)50-42(36)52-18-17-37(52)41(48)53/h9-12,15-16,19-22,28,37H,13-14,17-18,23-26H2,1-8H3,(H2,48,53)/t37-/m0/s1. The highest BCUT2D eigenvalue weighted by atomic mass is 19.1. The smallest absolute Gasteiger partial charge is 0.338 e. The first-order valence-corrected chi connectivity index (χ1v) is 20.0. The van der Waals surface area contributed by atoms with Gasteiger partial charge in [-0.3, -0.25) is 4.79 Å². The molecule has 2 aliphatic rings. The van der Waals surface area contributed by atoms with E-state index in [2.05, 4.69) is 24.8 Å². The average molecular weight is 808 g/mol. The molecule has 0 radical (unpaired) electrons. The molecule has 1 amide bonds.